The van der Waals surface area contributed by atoms with Crippen molar-refractivity contribution in [2.45, 2.75) is 19.3 Å². The minimum Gasteiger partial charge on any atom is -0.375 e. The molecule has 2 aliphatic rings. The Morgan fingerprint density at radius 1 is 0.931 bits per heavy atom. The molecule has 1 N–H and O–H groups in total. The van der Waals surface area contributed by atoms with E-state index in [-0.39, 0.29) is 11.8 Å². The fourth-order valence-electron chi connectivity index (χ4n) is 3.98. The van der Waals surface area contributed by atoms with Crippen molar-refractivity contribution in [1.82, 2.24) is 20.0 Å². The molecule has 0 atom stereocenters. The van der Waals surface area contributed by atoms with Crippen LogP contribution in [-0.2, 0) is 9.59 Å². The first-order valence-electron chi connectivity index (χ1n) is 10.9. The molecule has 160 valence electrons. The van der Waals surface area contributed by atoms with Crippen LogP contribution in [0.15, 0.2) is 30.3 Å². The predicted molar refractivity (Wildman–Crippen MR) is 116 cm³/mol. The highest BCUT2D eigenvalue weighted by Gasteiger charge is 2.24. The summed E-state index contributed by atoms with van der Waals surface area (Å²) in [5.41, 5.74) is 1.19. The summed E-state index contributed by atoms with van der Waals surface area (Å²) in [4.78, 5) is 33.1. The van der Waals surface area contributed by atoms with Crippen molar-refractivity contribution in [3.05, 3.63) is 30.3 Å². The second-order valence-corrected chi connectivity index (χ2v) is 8.10. The quantitative estimate of drug-likeness (QED) is 0.623. The average Bonchev–Trinajstić information content (AvgIpc) is 3.28. The maximum Gasteiger partial charge on any atom is 0.236 e. The molecule has 2 amide bonds. The smallest absolute Gasteiger partial charge is 0.236 e. The number of para-hydroxylation sites is 1. The number of amides is 2. The molecule has 0 spiro atoms. The van der Waals surface area contributed by atoms with Crippen LogP contribution in [0.5, 0.6) is 0 Å². The number of likely N-dealkylation sites (tertiary alicyclic amines) is 1. The third kappa shape index (κ3) is 7.01. The van der Waals surface area contributed by atoms with Crippen LogP contribution in [0.3, 0.4) is 0 Å². The summed E-state index contributed by atoms with van der Waals surface area (Å²) < 4.78 is 0. The van der Waals surface area contributed by atoms with Gasteiger partial charge in [0.2, 0.25) is 11.8 Å². The van der Waals surface area contributed by atoms with Crippen molar-refractivity contribution in [1.29, 1.82) is 0 Å². The van der Waals surface area contributed by atoms with Crippen LogP contribution in [-0.4, -0.2) is 99.0 Å². The average molecular weight is 402 g/mol. The van der Waals surface area contributed by atoms with Gasteiger partial charge in [0, 0.05) is 65.1 Å². The Labute approximate surface area is 174 Å². The van der Waals surface area contributed by atoms with Gasteiger partial charge in [0.05, 0.1) is 13.1 Å². The zero-order chi connectivity index (χ0) is 20.5. The minimum absolute atomic E-state index is 0.0916. The van der Waals surface area contributed by atoms with Gasteiger partial charge in [-0.3, -0.25) is 19.4 Å². The van der Waals surface area contributed by atoms with E-state index in [9.17, 15) is 9.59 Å². The molecule has 0 unspecified atom stereocenters. The van der Waals surface area contributed by atoms with E-state index >= 15 is 0 Å². The first-order valence-corrected chi connectivity index (χ1v) is 10.9. The van der Waals surface area contributed by atoms with Crippen molar-refractivity contribution in [3.8, 4) is 0 Å². The van der Waals surface area contributed by atoms with Gasteiger partial charge in [0.25, 0.3) is 0 Å². The molecule has 2 saturated heterocycles. The normalized spacial score (nSPS) is 18.0. The molecule has 0 aromatic heterocycles. The number of anilines is 1. The molecule has 1 aromatic carbocycles. The number of carbonyl (C=O) groups is 2. The van der Waals surface area contributed by atoms with E-state index in [1.807, 2.05) is 23.1 Å². The van der Waals surface area contributed by atoms with Gasteiger partial charge in [-0.05, 0) is 31.4 Å². The fraction of sp³-hybridized carbons (Fsp3) is 0.636. The fourth-order valence-corrected chi connectivity index (χ4v) is 3.98. The summed E-state index contributed by atoms with van der Waals surface area (Å²) in [6, 6.07) is 10.3. The first-order chi connectivity index (χ1) is 14.1. The van der Waals surface area contributed by atoms with E-state index in [4.69, 9.17) is 0 Å². The van der Waals surface area contributed by atoms with E-state index in [1.165, 1.54) is 5.69 Å². The van der Waals surface area contributed by atoms with Crippen molar-refractivity contribution >= 4 is 17.5 Å². The molecule has 7 heteroatoms. The maximum atomic E-state index is 12.3. The SMILES string of the molecule is CN(CCCNC(=O)CN1CCN(CC(=O)N2CCCC2)CC1)c1ccccc1. The van der Waals surface area contributed by atoms with Gasteiger partial charge in [0.15, 0.2) is 0 Å². The summed E-state index contributed by atoms with van der Waals surface area (Å²) in [5, 5.41) is 3.04. The lowest BCUT2D eigenvalue weighted by atomic mass is 10.3. The predicted octanol–water partition coefficient (Wildman–Crippen LogP) is 0.869. The van der Waals surface area contributed by atoms with Gasteiger partial charge in [-0.25, -0.2) is 0 Å². The lowest BCUT2D eigenvalue weighted by Crippen LogP contribution is -2.51. The Bertz CT molecular complexity index is 640. The summed E-state index contributed by atoms with van der Waals surface area (Å²) in [5.74, 6) is 0.350. The Morgan fingerprint density at radius 2 is 1.55 bits per heavy atom. The third-order valence-electron chi connectivity index (χ3n) is 5.84. The first kappa shape index (κ1) is 21.6. The van der Waals surface area contributed by atoms with E-state index in [0.717, 1.165) is 65.1 Å². The molecule has 2 fully saturated rings. The number of rotatable bonds is 9. The molecule has 0 radical (unpaired) electrons. The molecular formula is C22H35N5O2. The highest BCUT2D eigenvalue weighted by atomic mass is 16.2. The standard InChI is InChI=1S/C22H35N5O2/c1-24(20-8-3-2-4-9-20)11-7-10-23-21(28)18-25-14-16-26(17-15-25)19-22(29)27-12-5-6-13-27/h2-4,8-9H,5-7,10-19H2,1H3,(H,23,28). The van der Waals surface area contributed by atoms with Crippen molar-refractivity contribution in [2.75, 3.05) is 77.4 Å². The van der Waals surface area contributed by atoms with Gasteiger partial charge >= 0.3 is 0 Å². The molecule has 0 aliphatic carbocycles. The number of nitrogens with one attached hydrogen (secondary N) is 1. The molecule has 0 bridgehead atoms. The van der Waals surface area contributed by atoms with Crippen molar-refractivity contribution in [3.63, 3.8) is 0 Å². The van der Waals surface area contributed by atoms with Crippen LogP contribution >= 0.6 is 0 Å². The van der Waals surface area contributed by atoms with Crippen molar-refractivity contribution in [2.24, 2.45) is 0 Å². The van der Waals surface area contributed by atoms with Crippen LogP contribution < -0.4 is 10.2 Å². The highest BCUT2D eigenvalue weighted by Crippen LogP contribution is 2.11. The van der Waals surface area contributed by atoms with E-state index in [1.54, 1.807) is 0 Å². The lowest BCUT2D eigenvalue weighted by molar-refractivity contribution is -0.132. The maximum absolute atomic E-state index is 12.3. The van der Waals surface area contributed by atoms with Gasteiger partial charge in [-0.1, -0.05) is 18.2 Å². The Morgan fingerprint density at radius 3 is 2.21 bits per heavy atom. The number of benzene rings is 1. The summed E-state index contributed by atoms with van der Waals surface area (Å²) in [6.07, 6.45) is 3.19. The molecule has 2 aliphatic heterocycles. The highest BCUT2D eigenvalue weighted by molar-refractivity contribution is 5.79. The lowest BCUT2D eigenvalue weighted by Gasteiger charge is -2.34. The van der Waals surface area contributed by atoms with Crippen molar-refractivity contribution < 1.29 is 9.59 Å². The van der Waals surface area contributed by atoms with Crippen LogP contribution in [0.4, 0.5) is 5.69 Å². The van der Waals surface area contributed by atoms with E-state index in [0.29, 0.717) is 19.6 Å². The zero-order valence-corrected chi connectivity index (χ0v) is 17.7. The Kier molecular flexibility index (Phi) is 8.31. The molecule has 0 saturated carbocycles. The topological polar surface area (TPSA) is 59.1 Å². The van der Waals surface area contributed by atoms with Crippen LogP contribution in [0.1, 0.15) is 19.3 Å². The number of hydrogen-bond donors (Lipinski definition) is 1. The largest absolute Gasteiger partial charge is 0.375 e. The second-order valence-electron chi connectivity index (χ2n) is 8.10. The number of piperazine rings is 1. The summed E-state index contributed by atoms with van der Waals surface area (Å²) >= 11 is 0. The number of nitrogens with zero attached hydrogens (tertiary/aromatic N) is 4. The van der Waals surface area contributed by atoms with E-state index < -0.39 is 0 Å². The molecule has 29 heavy (non-hydrogen) atoms. The van der Waals surface area contributed by atoms with Crippen LogP contribution in [0, 0.1) is 0 Å². The van der Waals surface area contributed by atoms with Crippen LogP contribution in [0.25, 0.3) is 0 Å². The zero-order valence-electron chi connectivity index (χ0n) is 17.7. The summed E-state index contributed by atoms with van der Waals surface area (Å²) in [6.45, 7) is 7.81. The number of carbonyl (C=O) groups excluding carboxylic acids is 2. The molecule has 3 rings (SSSR count). The monoisotopic (exact) mass is 401 g/mol. The van der Waals surface area contributed by atoms with Gasteiger partial charge in [-0.2, -0.15) is 0 Å². The Balaban J connectivity index is 1.25. The minimum atomic E-state index is 0.0916. The molecule has 7 nitrogen and oxygen atoms in total. The molecule has 1 aromatic rings. The second kappa shape index (κ2) is 11.2. The number of hydrogen-bond acceptors (Lipinski definition) is 5. The van der Waals surface area contributed by atoms with Gasteiger partial charge in [0.1, 0.15) is 0 Å². The van der Waals surface area contributed by atoms with E-state index in [2.05, 4.69) is 39.2 Å². The van der Waals surface area contributed by atoms with Gasteiger partial charge in [-0.15, -0.1) is 0 Å². The molecular weight excluding hydrogens is 366 g/mol. The van der Waals surface area contributed by atoms with Crippen LogP contribution in [0.2, 0.25) is 0 Å². The third-order valence-corrected chi connectivity index (χ3v) is 5.84. The van der Waals surface area contributed by atoms with Gasteiger partial charge < -0.3 is 15.1 Å². The Hall–Kier alpha value is -2.12. The molecule has 2 heterocycles. The summed E-state index contributed by atoms with van der Waals surface area (Å²) in [7, 11) is 2.07.